The molecule has 1 aliphatic heterocycles. The van der Waals surface area contributed by atoms with E-state index in [-0.39, 0.29) is 0 Å². The fourth-order valence-corrected chi connectivity index (χ4v) is 3.84. The summed E-state index contributed by atoms with van der Waals surface area (Å²) in [5.74, 6) is 2.92. The summed E-state index contributed by atoms with van der Waals surface area (Å²) < 4.78 is 2.21. The van der Waals surface area contributed by atoms with Crippen molar-refractivity contribution in [2.45, 2.75) is 32.4 Å². The van der Waals surface area contributed by atoms with E-state index in [0.717, 1.165) is 48.2 Å². The molecule has 1 fully saturated rings. The first kappa shape index (κ1) is 17.0. The van der Waals surface area contributed by atoms with Crippen molar-refractivity contribution in [2.75, 3.05) is 25.5 Å². The van der Waals surface area contributed by atoms with Crippen molar-refractivity contribution in [1.29, 1.82) is 0 Å². The number of aryl methyl sites for hydroxylation is 2. The molecule has 1 aliphatic rings. The molecule has 1 saturated heterocycles. The lowest BCUT2D eigenvalue weighted by molar-refractivity contribution is 0.236. The van der Waals surface area contributed by atoms with Crippen LogP contribution in [0.15, 0.2) is 30.3 Å². The molecular formula is C20H26N6. The molecule has 3 aromatic rings. The van der Waals surface area contributed by atoms with Crippen LogP contribution in [0.2, 0.25) is 0 Å². The first-order chi connectivity index (χ1) is 12.5. The second-order valence-electron chi connectivity index (χ2n) is 7.30. The Bertz CT molecular complexity index is 929. The lowest BCUT2D eigenvalue weighted by Gasteiger charge is -2.25. The van der Waals surface area contributed by atoms with Crippen LogP contribution >= 0.6 is 0 Å². The Balaban J connectivity index is 1.63. The van der Waals surface area contributed by atoms with Crippen LogP contribution in [0.25, 0.3) is 11.0 Å². The molecule has 0 amide bonds. The lowest BCUT2D eigenvalue weighted by atomic mass is 10.1. The quantitative estimate of drug-likeness (QED) is 0.724. The van der Waals surface area contributed by atoms with Crippen molar-refractivity contribution in [3.8, 4) is 0 Å². The minimum Gasteiger partial charge on any atom is -0.363 e. The first-order valence-corrected chi connectivity index (χ1v) is 9.20. The van der Waals surface area contributed by atoms with Gasteiger partial charge in [-0.1, -0.05) is 12.1 Å². The summed E-state index contributed by atoms with van der Waals surface area (Å²) >= 11 is 0. The van der Waals surface area contributed by atoms with E-state index in [0.29, 0.717) is 6.04 Å². The molecule has 6 heteroatoms. The molecule has 1 atom stereocenters. The number of likely N-dealkylation sites (tertiary alicyclic amines) is 1. The Morgan fingerprint density at radius 2 is 1.96 bits per heavy atom. The molecule has 0 radical (unpaired) electrons. The van der Waals surface area contributed by atoms with Crippen LogP contribution in [-0.4, -0.2) is 45.1 Å². The van der Waals surface area contributed by atoms with Crippen LogP contribution < -0.4 is 4.90 Å². The van der Waals surface area contributed by atoms with Gasteiger partial charge in [-0.25, -0.2) is 15.0 Å². The summed E-state index contributed by atoms with van der Waals surface area (Å²) in [5, 5.41) is 0. The van der Waals surface area contributed by atoms with E-state index in [1.165, 1.54) is 11.9 Å². The molecular weight excluding hydrogens is 324 g/mol. The average molecular weight is 350 g/mol. The molecule has 1 aromatic carbocycles. The number of nitrogens with zero attached hydrogens (tertiary/aromatic N) is 6. The lowest BCUT2D eigenvalue weighted by Crippen LogP contribution is -2.25. The molecule has 2 aromatic heterocycles. The van der Waals surface area contributed by atoms with Crippen LogP contribution in [0, 0.1) is 6.92 Å². The predicted molar refractivity (Wildman–Crippen MR) is 104 cm³/mol. The van der Waals surface area contributed by atoms with Crippen molar-refractivity contribution >= 4 is 16.9 Å². The zero-order chi connectivity index (χ0) is 18.3. The number of aromatic nitrogens is 4. The molecule has 4 rings (SSSR count). The largest absolute Gasteiger partial charge is 0.363 e. The number of fused-ring (bicyclic) bond motifs is 1. The third kappa shape index (κ3) is 3.05. The van der Waals surface area contributed by atoms with Crippen LogP contribution in [0.3, 0.4) is 0 Å². The van der Waals surface area contributed by atoms with Crippen molar-refractivity contribution in [3.05, 3.63) is 47.7 Å². The summed E-state index contributed by atoms with van der Waals surface area (Å²) in [4.78, 5) is 18.7. The first-order valence-electron chi connectivity index (χ1n) is 9.20. The summed E-state index contributed by atoms with van der Waals surface area (Å²) in [6.07, 6.45) is 2.32. The molecule has 0 N–H and O–H groups in total. The molecule has 0 saturated carbocycles. The second-order valence-corrected chi connectivity index (χ2v) is 7.30. The maximum atomic E-state index is 4.85. The smallest absolute Gasteiger partial charge is 0.132 e. The van der Waals surface area contributed by atoms with Crippen molar-refractivity contribution in [3.63, 3.8) is 0 Å². The van der Waals surface area contributed by atoms with Crippen molar-refractivity contribution in [1.82, 2.24) is 24.4 Å². The molecule has 26 heavy (non-hydrogen) atoms. The van der Waals surface area contributed by atoms with Gasteiger partial charge in [0, 0.05) is 27.2 Å². The molecule has 6 nitrogen and oxygen atoms in total. The maximum absolute atomic E-state index is 4.85. The summed E-state index contributed by atoms with van der Waals surface area (Å²) in [7, 11) is 6.16. The highest BCUT2D eigenvalue weighted by molar-refractivity contribution is 5.75. The monoisotopic (exact) mass is 350 g/mol. The predicted octanol–water partition coefficient (Wildman–Crippen LogP) is 3.07. The summed E-state index contributed by atoms with van der Waals surface area (Å²) in [5.41, 5.74) is 3.37. The Morgan fingerprint density at radius 3 is 2.73 bits per heavy atom. The highest BCUT2D eigenvalue weighted by Gasteiger charge is 2.29. The fourth-order valence-electron chi connectivity index (χ4n) is 3.84. The Labute approximate surface area is 154 Å². The number of hydrogen-bond donors (Lipinski definition) is 0. The zero-order valence-corrected chi connectivity index (χ0v) is 16.0. The number of anilines is 1. The van der Waals surface area contributed by atoms with Gasteiger partial charge >= 0.3 is 0 Å². The van der Waals surface area contributed by atoms with E-state index in [4.69, 9.17) is 9.97 Å². The third-order valence-corrected chi connectivity index (χ3v) is 5.23. The number of imidazole rings is 1. The van der Waals surface area contributed by atoms with E-state index in [1.54, 1.807) is 0 Å². The summed E-state index contributed by atoms with van der Waals surface area (Å²) in [6, 6.07) is 10.8. The normalized spacial score (nSPS) is 17.9. The van der Waals surface area contributed by atoms with E-state index in [1.807, 2.05) is 32.0 Å². The number of rotatable bonds is 4. The minimum atomic E-state index is 0.329. The number of benzene rings is 1. The zero-order valence-electron chi connectivity index (χ0n) is 16.0. The molecule has 0 bridgehead atoms. The van der Waals surface area contributed by atoms with Gasteiger partial charge in [0.05, 0.1) is 29.3 Å². The molecule has 0 aliphatic carbocycles. The van der Waals surface area contributed by atoms with Crippen molar-refractivity contribution in [2.24, 2.45) is 7.05 Å². The van der Waals surface area contributed by atoms with E-state index in [9.17, 15) is 0 Å². The number of hydrogen-bond acceptors (Lipinski definition) is 5. The molecule has 0 spiro atoms. The van der Waals surface area contributed by atoms with E-state index >= 15 is 0 Å². The van der Waals surface area contributed by atoms with Crippen LogP contribution in [0.1, 0.15) is 36.2 Å². The molecule has 136 valence electrons. The molecule has 0 unspecified atom stereocenters. The average Bonchev–Trinajstić information content (AvgIpc) is 3.20. The van der Waals surface area contributed by atoms with Gasteiger partial charge in [-0.05, 0) is 38.4 Å². The van der Waals surface area contributed by atoms with Crippen LogP contribution in [-0.2, 0) is 13.6 Å². The summed E-state index contributed by atoms with van der Waals surface area (Å²) in [6.45, 7) is 3.89. The SMILES string of the molecule is Cc1nc([C@H]2CCCN2Cc2nc3ccccc3n2C)cc(N(C)C)n1. The van der Waals surface area contributed by atoms with Gasteiger partial charge < -0.3 is 9.47 Å². The maximum Gasteiger partial charge on any atom is 0.132 e. The van der Waals surface area contributed by atoms with Crippen LogP contribution in [0.5, 0.6) is 0 Å². The van der Waals surface area contributed by atoms with Gasteiger partial charge in [0.2, 0.25) is 0 Å². The number of para-hydroxylation sites is 2. The van der Waals surface area contributed by atoms with Gasteiger partial charge in [0.1, 0.15) is 17.5 Å². The van der Waals surface area contributed by atoms with Gasteiger partial charge in [-0.2, -0.15) is 0 Å². The Kier molecular flexibility index (Phi) is 4.36. The highest BCUT2D eigenvalue weighted by atomic mass is 15.2. The second kappa shape index (κ2) is 6.68. The minimum absolute atomic E-state index is 0.329. The molecule has 3 heterocycles. The Hall–Kier alpha value is -2.47. The fraction of sp³-hybridized carbons (Fsp3) is 0.450. The third-order valence-electron chi connectivity index (χ3n) is 5.23. The highest BCUT2D eigenvalue weighted by Crippen LogP contribution is 2.33. The van der Waals surface area contributed by atoms with E-state index in [2.05, 4.69) is 45.8 Å². The standard InChI is InChI=1S/C20H26N6/c1-14-21-16(12-19(22-14)24(2)3)18-10-7-11-26(18)13-20-23-15-8-5-6-9-17(15)25(20)4/h5-6,8-9,12,18H,7,10-11,13H2,1-4H3/t18-/m1/s1. The van der Waals surface area contributed by atoms with Gasteiger partial charge in [-0.3, -0.25) is 4.90 Å². The van der Waals surface area contributed by atoms with Crippen LogP contribution in [0.4, 0.5) is 5.82 Å². The van der Waals surface area contributed by atoms with Gasteiger partial charge in [0.25, 0.3) is 0 Å². The van der Waals surface area contributed by atoms with Gasteiger partial charge in [0.15, 0.2) is 0 Å². The van der Waals surface area contributed by atoms with E-state index < -0.39 is 0 Å². The van der Waals surface area contributed by atoms with Crippen molar-refractivity contribution < 1.29 is 0 Å². The van der Waals surface area contributed by atoms with Gasteiger partial charge in [-0.15, -0.1) is 0 Å². The Morgan fingerprint density at radius 1 is 1.15 bits per heavy atom. The topological polar surface area (TPSA) is 50.1 Å².